The molecule has 0 aromatic heterocycles. The molecule has 2 atom stereocenters. The zero-order valence-corrected chi connectivity index (χ0v) is 20.4. The third kappa shape index (κ3) is 5.11. The average molecular weight is 475 g/mol. The van der Waals surface area contributed by atoms with Crippen molar-refractivity contribution >= 4 is 19.1 Å². The molecule has 2 radical (unpaired) electrons. The number of amidine groups is 1. The third-order valence-electron chi connectivity index (χ3n) is 6.68. The maximum absolute atomic E-state index is 5.96. The van der Waals surface area contributed by atoms with Gasteiger partial charge in [-0.15, -0.1) is 0 Å². The summed E-state index contributed by atoms with van der Waals surface area (Å²) >= 11 is 0. The minimum absolute atomic E-state index is 0.126. The minimum Gasteiger partial charge on any atom is -0.350 e. The Morgan fingerprint density at radius 2 is 1.05 bits per heavy atom. The van der Waals surface area contributed by atoms with Crippen LogP contribution in [0.2, 0.25) is 0 Å². The maximum atomic E-state index is 5.96. The van der Waals surface area contributed by atoms with Crippen molar-refractivity contribution in [1.82, 2.24) is 10.6 Å². The van der Waals surface area contributed by atoms with Gasteiger partial charge in [-0.1, -0.05) is 127 Å². The van der Waals surface area contributed by atoms with Gasteiger partial charge in [-0.05, 0) is 45.5 Å². The van der Waals surface area contributed by atoms with Crippen LogP contribution in [0, 0.1) is 0 Å². The molecule has 0 bridgehead atoms. The molecular weight excluding hydrogens is 449 g/mol. The molecule has 5 aromatic carbocycles. The average Bonchev–Trinajstić information content (AvgIpc) is 2.98. The second kappa shape index (κ2) is 10.3. The SMILES string of the molecule is [B]c1ccc(C2=NC(c3cccc(-c4ccccc4)c3)NC(c3cccc(-c4ccccc4)c3)N2)cc1. The fourth-order valence-corrected chi connectivity index (χ4v) is 4.74. The van der Waals surface area contributed by atoms with Crippen LogP contribution in [-0.2, 0) is 0 Å². The molecule has 5 aromatic rings. The van der Waals surface area contributed by atoms with Crippen LogP contribution in [0.25, 0.3) is 22.3 Å². The first-order valence-electron chi connectivity index (χ1n) is 12.5. The number of aliphatic imine (C=N–C) groups is 1. The highest BCUT2D eigenvalue weighted by Crippen LogP contribution is 2.30. The summed E-state index contributed by atoms with van der Waals surface area (Å²) in [4.78, 5) is 5.10. The summed E-state index contributed by atoms with van der Waals surface area (Å²) in [6, 6.07) is 46.0. The van der Waals surface area contributed by atoms with Crippen molar-refractivity contribution < 1.29 is 0 Å². The van der Waals surface area contributed by atoms with Crippen LogP contribution >= 0.6 is 0 Å². The predicted molar refractivity (Wildman–Crippen MR) is 154 cm³/mol. The second-order valence-corrected chi connectivity index (χ2v) is 9.23. The number of hydrogen-bond donors (Lipinski definition) is 2. The van der Waals surface area contributed by atoms with Gasteiger partial charge in [-0.3, -0.25) is 5.32 Å². The van der Waals surface area contributed by atoms with Gasteiger partial charge in [-0.25, -0.2) is 4.99 Å². The molecule has 6 rings (SSSR count). The molecule has 1 heterocycles. The molecule has 2 N–H and O–H groups in total. The van der Waals surface area contributed by atoms with Crippen LogP contribution < -0.4 is 16.1 Å². The van der Waals surface area contributed by atoms with E-state index in [0.717, 1.165) is 28.0 Å². The quantitative estimate of drug-likeness (QED) is 0.299. The monoisotopic (exact) mass is 475 g/mol. The highest BCUT2D eigenvalue weighted by atomic mass is 15.3. The highest BCUT2D eigenvalue weighted by Gasteiger charge is 2.25. The lowest BCUT2D eigenvalue weighted by atomic mass is 9.95. The van der Waals surface area contributed by atoms with Crippen molar-refractivity contribution in [2.24, 2.45) is 4.99 Å². The van der Waals surface area contributed by atoms with E-state index in [-0.39, 0.29) is 12.3 Å². The molecule has 0 fully saturated rings. The lowest BCUT2D eigenvalue weighted by molar-refractivity contribution is 0.409. The van der Waals surface area contributed by atoms with Gasteiger partial charge < -0.3 is 5.32 Å². The minimum atomic E-state index is -0.220. The van der Waals surface area contributed by atoms with Gasteiger partial charge in [0.05, 0.1) is 0 Å². The Hall–Kier alpha value is -4.41. The lowest BCUT2D eigenvalue weighted by Crippen LogP contribution is -2.45. The molecule has 1 aliphatic heterocycles. The molecule has 2 unspecified atom stereocenters. The summed E-state index contributed by atoms with van der Waals surface area (Å²) in [6.45, 7) is 0. The van der Waals surface area contributed by atoms with Crippen molar-refractivity contribution in [2.75, 3.05) is 0 Å². The van der Waals surface area contributed by atoms with E-state index in [9.17, 15) is 0 Å². The van der Waals surface area contributed by atoms with Crippen LogP contribution in [0.5, 0.6) is 0 Å². The van der Waals surface area contributed by atoms with Gasteiger partial charge in [-0.2, -0.15) is 0 Å². The van der Waals surface area contributed by atoms with E-state index < -0.39 is 0 Å². The molecule has 1 aliphatic rings. The van der Waals surface area contributed by atoms with Gasteiger partial charge in [0.1, 0.15) is 26.0 Å². The maximum Gasteiger partial charge on any atom is 0.131 e. The lowest BCUT2D eigenvalue weighted by Gasteiger charge is -2.32. The summed E-state index contributed by atoms with van der Waals surface area (Å²) in [5.74, 6) is 0.837. The fraction of sp³-hybridized carbons (Fsp3) is 0.0606. The molecule has 0 saturated carbocycles. The first kappa shape index (κ1) is 23.0. The Labute approximate surface area is 219 Å². The van der Waals surface area contributed by atoms with E-state index in [4.69, 9.17) is 12.8 Å². The van der Waals surface area contributed by atoms with Gasteiger partial charge in [0, 0.05) is 5.56 Å². The van der Waals surface area contributed by atoms with Crippen LogP contribution in [0.3, 0.4) is 0 Å². The van der Waals surface area contributed by atoms with Gasteiger partial charge in [0.2, 0.25) is 0 Å². The first-order valence-corrected chi connectivity index (χ1v) is 12.5. The standard InChI is InChI=1S/C33H26BN3/c34-30-19-17-25(18-20-30)31-35-32(28-15-7-13-26(21-28)23-9-3-1-4-10-23)37-33(36-31)29-16-8-14-27(22-29)24-11-5-2-6-12-24/h1-22,32-33,37H,(H,35,36). The third-order valence-corrected chi connectivity index (χ3v) is 6.68. The van der Waals surface area contributed by atoms with Gasteiger partial charge in [0.25, 0.3) is 0 Å². The van der Waals surface area contributed by atoms with Crippen molar-refractivity contribution in [3.8, 4) is 22.3 Å². The zero-order valence-electron chi connectivity index (χ0n) is 20.4. The topological polar surface area (TPSA) is 36.4 Å². The molecule has 37 heavy (non-hydrogen) atoms. The summed E-state index contributed by atoms with van der Waals surface area (Å²) in [6.07, 6.45) is -0.345. The number of rotatable bonds is 5. The zero-order chi connectivity index (χ0) is 25.0. The molecule has 0 saturated heterocycles. The normalized spacial score (nSPS) is 17.0. The van der Waals surface area contributed by atoms with E-state index in [1.807, 2.05) is 36.4 Å². The Bertz CT molecular complexity index is 1530. The number of nitrogens with zero attached hydrogens (tertiary/aromatic N) is 1. The van der Waals surface area contributed by atoms with Crippen LogP contribution in [0.1, 0.15) is 29.0 Å². The van der Waals surface area contributed by atoms with E-state index in [1.54, 1.807) is 0 Å². The smallest absolute Gasteiger partial charge is 0.131 e. The van der Waals surface area contributed by atoms with E-state index >= 15 is 0 Å². The molecule has 3 nitrogen and oxygen atoms in total. The number of benzene rings is 5. The number of hydrogen-bond acceptors (Lipinski definition) is 3. The first-order chi connectivity index (χ1) is 18.2. The summed E-state index contributed by atoms with van der Waals surface area (Å²) < 4.78 is 0. The molecule has 0 amide bonds. The predicted octanol–water partition coefficient (Wildman–Crippen LogP) is 6.15. The highest BCUT2D eigenvalue weighted by molar-refractivity contribution is 6.32. The molecule has 0 aliphatic carbocycles. The molecule has 4 heteroatoms. The van der Waals surface area contributed by atoms with Gasteiger partial charge in [0.15, 0.2) is 0 Å². The molecule has 176 valence electrons. The van der Waals surface area contributed by atoms with Crippen molar-refractivity contribution in [1.29, 1.82) is 0 Å². The largest absolute Gasteiger partial charge is 0.350 e. The summed E-state index contributed by atoms with van der Waals surface area (Å²) in [7, 11) is 5.96. The Morgan fingerprint density at radius 1 is 0.514 bits per heavy atom. The van der Waals surface area contributed by atoms with Crippen molar-refractivity contribution in [3.05, 3.63) is 150 Å². The van der Waals surface area contributed by atoms with Gasteiger partial charge >= 0.3 is 0 Å². The number of nitrogens with one attached hydrogen (secondary N) is 2. The van der Waals surface area contributed by atoms with E-state index in [2.05, 4.69) is 108 Å². The Kier molecular flexibility index (Phi) is 6.41. The van der Waals surface area contributed by atoms with Crippen LogP contribution in [0.4, 0.5) is 0 Å². The van der Waals surface area contributed by atoms with Crippen molar-refractivity contribution in [3.63, 3.8) is 0 Å². The second-order valence-electron chi connectivity index (χ2n) is 9.23. The molecule has 0 spiro atoms. The Balaban J connectivity index is 1.39. The van der Waals surface area contributed by atoms with Crippen LogP contribution in [-0.4, -0.2) is 13.7 Å². The Morgan fingerprint density at radius 3 is 1.68 bits per heavy atom. The summed E-state index contributed by atoms with van der Waals surface area (Å²) in [5, 5.41) is 7.36. The summed E-state index contributed by atoms with van der Waals surface area (Å²) in [5.41, 5.74) is 8.73. The molecular formula is C33H26BN3. The fourth-order valence-electron chi connectivity index (χ4n) is 4.74. The van der Waals surface area contributed by atoms with Crippen molar-refractivity contribution in [2.45, 2.75) is 12.3 Å². The van der Waals surface area contributed by atoms with E-state index in [0.29, 0.717) is 0 Å². The van der Waals surface area contributed by atoms with E-state index in [1.165, 1.54) is 22.3 Å². The van der Waals surface area contributed by atoms with Crippen LogP contribution in [0.15, 0.2) is 138 Å².